The average molecular weight is 270 g/mol. The quantitative estimate of drug-likeness (QED) is 0.395. The highest BCUT2D eigenvalue weighted by Crippen LogP contribution is 2.29. The molecule has 18 heavy (non-hydrogen) atoms. The van der Waals surface area contributed by atoms with Gasteiger partial charge in [-0.3, -0.25) is 4.79 Å². The van der Waals surface area contributed by atoms with Crippen LogP contribution in [0.4, 0.5) is 22.0 Å². The highest BCUT2D eigenvalue weighted by molar-refractivity contribution is 5.70. The molecule has 1 atom stereocenters. The molecule has 0 fully saturated rings. The van der Waals surface area contributed by atoms with Crippen LogP contribution in [0.2, 0.25) is 0 Å². The van der Waals surface area contributed by atoms with E-state index in [1.165, 1.54) is 0 Å². The van der Waals surface area contributed by atoms with Crippen molar-refractivity contribution in [1.82, 2.24) is 0 Å². The van der Waals surface area contributed by atoms with Crippen molar-refractivity contribution in [3.8, 4) is 0 Å². The molecule has 0 saturated carbocycles. The highest BCUT2D eigenvalue weighted by Gasteiger charge is 2.30. The predicted molar refractivity (Wildman–Crippen MR) is 47.8 cm³/mol. The minimum absolute atomic E-state index is 0.936. The number of esters is 1. The Hall–Kier alpha value is -1.70. The van der Waals surface area contributed by atoms with Crippen LogP contribution in [0.25, 0.3) is 0 Å². The Morgan fingerprint density at radius 2 is 1.44 bits per heavy atom. The minimum atomic E-state index is -2.33. The normalized spacial score (nSPS) is 12.4. The lowest BCUT2D eigenvalue weighted by Crippen LogP contribution is -2.15. The first-order chi connectivity index (χ1) is 8.31. The summed E-state index contributed by atoms with van der Waals surface area (Å²) in [7, 11) is 0.938. The molecule has 0 bridgehead atoms. The first kappa shape index (κ1) is 14.4. The SMILES string of the molecule is COC(=O)C[C@H](O)c1c(F)c(F)c(F)c(F)c1F. The van der Waals surface area contributed by atoms with Gasteiger partial charge in [-0.1, -0.05) is 0 Å². The van der Waals surface area contributed by atoms with Gasteiger partial charge in [0, 0.05) is 0 Å². The Kier molecular flexibility index (Phi) is 4.23. The first-order valence-electron chi connectivity index (χ1n) is 4.57. The van der Waals surface area contributed by atoms with Crippen LogP contribution < -0.4 is 0 Å². The van der Waals surface area contributed by atoms with Gasteiger partial charge in [0.25, 0.3) is 0 Å². The van der Waals surface area contributed by atoms with Gasteiger partial charge in [0.1, 0.15) is 0 Å². The van der Waals surface area contributed by atoms with Crippen LogP contribution in [0, 0.1) is 29.1 Å². The van der Waals surface area contributed by atoms with Gasteiger partial charge in [-0.05, 0) is 0 Å². The molecular formula is C10H7F5O3. The highest BCUT2D eigenvalue weighted by atomic mass is 19.2. The van der Waals surface area contributed by atoms with Crippen molar-refractivity contribution in [2.24, 2.45) is 0 Å². The lowest BCUT2D eigenvalue weighted by molar-refractivity contribution is -0.143. The molecule has 8 heteroatoms. The summed E-state index contributed by atoms with van der Waals surface area (Å²) in [5.74, 6) is -12.1. The zero-order valence-corrected chi connectivity index (χ0v) is 8.94. The van der Waals surface area contributed by atoms with Crippen molar-refractivity contribution >= 4 is 5.97 Å². The van der Waals surface area contributed by atoms with E-state index in [1.807, 2.05) is 0 Å². The molecule has 100 valence electrons. The van der Waals surface area contributed by atoms with Crippen LogP contribution in [-0.2, 0) is 9.53 Å². The second kappa shape index (κ2) is 5.30. The fourth-order valence-corrected chi connectivity index (χ4v) is 1.26. The second-order valence-electron chi connectivity index (χ2n) is 3.28. The summed E-state index contributed by atoms with van der Waals surface area (Å²) in [5.41, 5.74) is -1.46. The van der Waals surface area contributed by atoms with Crippen LogP contribution in [0.1, 0.15) is 18.1 Å². The molecule has 1 aromatic rings. The lowest BCUT2D eigenvalue weighted by atomic mass is 10.0. The Bertz CT molecular complexity index is 460. The summed E-state index contributed by atoms with van der Waals surface area (Å²) in [5, 5.41) is 9.29. The predicted octanol–water partition coefficient (Wildman–Crippen LogP) is 1.98. The monoisotopic (exact) mass is 270 g/mol. The zero-order valence-electron chi connectivity index (χ0n) is 8.94. The molecule has 0 radical (unpaired) electrons. The number of ether oxygens (including phenoxy) is 1. The Balaban J connectivity index is 3.28. The molecule has 0 saturated heterocycles. The van der Waals surface area contributed by atoms with Crippen molar-refractivity contribution in [1.29, 1.82) is 0 Å². The number of hydrogen-bond donors (Lipinski definition) is 1. The fraction of sp³-hybridized carbons (Fsp3) is 0.300. The van der Waals surface area contributed by atoms with Gasteiger partial charge in [-0.25, -0.2) is 22.0 Å². The van der Waals surface area contributed by atoms with Gasteiger partial charge >= 0.3 is 5.97 Å². The molecule has 1 N–H and O–H groups in total. The van der Waals surface area contributed by atoms with Crippen LogP contribution in [0.5, 0.6) is 0 Å². The average Bonchev–Trinajstić information content (AvgIpc) is 2.34. The number of rotatable bonds is 3. The van der Waals surface area contributed by atoms with Gasteiger partial charge < -0.3 is 9.84 Å². The first-order valence-corrected chi connectivity index (χ1v) is 4.57. The van der Waals surface area contributed by atoms with Gasteiger partial charge in [0.05, 0.1) is 25.2 Å². The molecular weight excluding hydrogens is 263 g/mol. The molecule has 0 aromatic heterocycles. The molecule has 0 heterocycles. The maximum Gasteiger partial charge on any atom is 0.308 e. The van der Waals surface area contributed by atoms with Crippen LogP contribution in [-0.4, -0.2) is 18.2 Å². The van der Waals surface area contributed by atoms with Crippen LogP contribution in [0.15, 0.2) is 0 Å². The van der Waals surface area contributed by atoms with Gasteiger partial charge in [0.2, 0.25) is 5.82 Å². The number of carbonyl (C=O) groups is 1. The topological polar surface area (TPSA) is 46.5 Å². The third-order valence-corrected chi connectivity index (χ3v) is 2.16. The number of aliphatic hydroxyl groups is 1. The molecule has 0 amide bonds. The lowest BCUT2D eigenvalue weighted by Gasteiger charge is -2.13. The summed E-state index contributed by atoms with van der Waals surface area (Å²) in [6, 6.07) is 0. The fourth-order valence-electron chi connectivity index (χ4n) is 1.26. The molecule has 0 aliphatic rings. The molecule has 0 unspecified atom stereocenters. The van der Waals surface area contributed by atoms with Crippen molar-refractivity contribution in [3.63, 3.8) is 0 Å². The van der Waals surface area contributed by atoms with E-state index in [0.717, 1.165) is 7.11 Å². The molecule has 1 rings (SSSR count). The third-order valence-electron chi connectivity index (χ3n) is 2.16. The summed E-state index contributed by atoms with van der Waals surface area (Å²) in [4.78, 5) is 10.8. The van der Waals surface area contributed by atoms with Crippen LogP contribution in [0.3, 0.4) is 0 Å². The number of halogens is 5. The minimum Gasteiger partial charge on any atom is -0.469 e. The zero-order chi connectivity index (χ0) is 14.0. The maximum atomic E-state index is 13.2. The Labute approximate surface area is 97.8 Å². The molecule has 0 spiro atoms. The molecule has 0 aliphatic heterocycles. The Morgan fingerprint density at radius 1 is 1.06 bits per heavy atom. The maximum absolute atomic E-state index is 13.2. The largest absolute Gasteiger partial charge is 0.469 e. The summed E-state index contributed by atoms with van der Waals surface area (Å²) >= 11 is 0. The van der Waals surface area contributed by atoms with E-state index < -0.39 is 53.1 Å². The Morgan fingerprint density at radius 3 is 1.83 bits per heavy atom. The number of benzene rings is 1. The van der Waals surface area contributed by atoms with E-state index in [-0.39, 0.29) is 0 Å². The smallest absolute Gasteiger partial charge is 0.308 e. The summed E-state index contributed by atoms with van der Waals surface area (Å²) < 4.78 is 68.7. The van der Waals surface area contributed by atoms with Crippen molar-refractivity contribution in [2.45, 2.75) is 12.5 Å². The molecule has 3 nitrogen and oxygen atoms in total. The van der Waals surface area contributed by atoms with E-state index in [0.29, 0.717) is 0 Å². The summed E-state index contributed by atoms with van der Waals surface area (Å²) in [6.07, 6.45) is -3.13. The molecule has 1 aromatic carbocycles. The van der Waals surface area contributed by atoms with Gasteiger partial charge in [0.15, 0.2) is 23.3 Å². The van der Waals surface area contributed by atoms with Gasteiger partial charge in [-0.2, -0.15) is 0 Å². The number of carbonyl (C=O) groups excluding carboxylic acids is 1. The van der Waals surface area contributed by atoms with Crippen LogP contribution >= 0.6 is 0 Å². The van der Waals surface area contributed by atoms with Crippen molar-refractivity contribution < 1.29 is 36.6 Å². The summed E-state index contributed by atoms with van der Waals surface area (Å²) in [6.45, 7) is 0. The molecule has 0 aliphatic carbocycles. The van der Waals surface area contributed by atoms with Gasteiger partial charge in [-0.15, -0.1) is 0 Å². The standard InChI is InChI=1S/C10H7F5O3/c1-18-4(17)2-3(16)5-6(11)8(13)10(15)9(14)7(5)12/h3,16H,2H2,1H3/t3-/m0/s1. The van der Waals surface area contributed by atoms with E-state index in [1.54, 1.807) is 0 Å². The number of aliphatic hydroxyl groups excluding tert-OH is 1. The van der Waals surface area contributed by atoms with E-state index >= 15 is 0 Å². The van der Waals surface area contributed by atoms with E-state index in [2.05, 4.69) is 4.74 Å². The second-order valence-corrected chi connectivity index (χ2v) is 3.28. The van der Waals surface area contributed by atoms with Crippen molar-refractivity contribution in [2.75, 3.05) is 7.11 Å². The van der Waals surface area contributed by atoms with Crippen molar-refractivity contribution in [3.05, 3.63) is 34.6 Å². The number of methoxy groups -OCH3 is 1. The third kappa shape index (κ3) is 2.42. The number of hydrogen-bond acceptors (Lipinski definition) is 3. The van der Waals surface area contributed by atoms with E-state index in [4.69, 9.17) is 0 Å². The van der Waals surface area contributed by atoms with E-state index in [9.17, 15) is 31.9 Å².